The second-order valence-corrected chi connectivity index (χ2v) is 9.24. The molecule has 4 rings (SSSR count). The van der Waals surface area contributed by atoms with Gasteiger partial charge in [-0.2, -0.15) is 0 Å². The molecule has 2 heterocycles. The van der Waals surface area contributed by atoms with E-state index < -0.39 is 10.8 Å². The summed E-state index contributed by atoms with van der Waals surface area (Å²) in [6.45, 7) is 0. The van der Waals surface area contributed by atoms with Crippen LogP contribution in [0, 0.1) is 10.1 Å². The zero-order chi connectivity index (χ0) is 24.7. The standard InChI is InChI=1S/C20H18BrN7O5S/c1-25-14-7-12(13(28(32)33)8-15(14)26(2)20(25)31)22-17(30)9-34-19-24-23-18(27(19)3)11-6-10(21)4-5-16(11)29/h4-8,29H,9H2,1-3H3,(H,22,30). The Hall–Kier alpha value is -3.65. The molecule has 0 radical (unpaired) electrons. The molecule has 34 heavy (non-hydrogen) atoms. The quantitative estimate of drug-likeness (QED) is 0.212. The molecule has 0 unspecified atom stereocenters. The Bertz CT molecular complexity index is 1520. The van der Waals surface area contributed by atoms with Crippen LogP contribution in [0.15, 0.2) is 44.8 Å². The summed E-state index contributed by atoms with van der Waals surface area (Å²) in [6, 6.07) is 7.60. The van der Waals surface area contributed by atoms with Crippen LogP contribution < -0.4 is 11.0 Å². The number of phenols is 1. The van der Waals surface area contributed by atoms with Gasteiger partial charge in [0.1, 0.15) is 11.4 Å². The van der Waals surface area contributed by atoms with Gasteiger partial charge in [-0.15, -0.1) is 10.2 Å². The fourth-order valence-electron chi connectivity index (χ4n) is 3.46. The van der Waals surface area contributed by atoms with Crippen molar-refractivity contribution in [3.05, 3.63) is 55.4 Å². The van der Waals surface area contributed by atoms with E-state index in [1.807, 2.05) is 0 Å². The third-order valence-corrected chi connectivity index (χ3v) is 6.74. The number of hydrogen-bond acceptors (Lipinski definition) is 8. The molecule has 2 aromatic heterocycles. The van der Waals surface area contributed by atoms with Crippen molar-refractivity contribution in [1.82, 2.24) is 23.9 Å². The molecule has 0 aliphatic heterocycles. The number of carbonyl (C=O) groups is 1. The normalized spacial score (nSPS) is 11.2. The zero-order valence-corrected chi connectivity index (χ0v) is 20.5. The van der Waals surface area contributed by atoms with Crippen LogP contribution in [0.25, 0.3) is 22.4 Å². The monoisotopic (exact) mass is 547 g/mol. The molecule has 0 bridgehead atoms. The number of fused-ring (bicyclic) bond motifs is 1. The van der Waals surface area contributed by atoms with E-state index in [-0.39, 0.29) is 28.6 Å². The van der Waals surface area contributed by atoms with Crippen molar-refractivity contribution < 1.29 is 14.8 Å². The number of nitro benzene ring substituents is 1. The number of carbonyl (C=O) groups excluding carboxylic acids is 1. The van der Waals surface area contributed by atoms with Crippen LogP contribution in [-0.4, -0.2) is 45.6 Å². The first-order chi connectivity index (χ1) is 16.1. The molecule has 0 aliphatic carbocycles. The number of halogens is 1. The largest absolute Gasteiger partial charge is 0.507 e. The summed E-state index contributed by atoms with van der Waals surface area (Å²) in [6.07, 6.45) is 0. The number of benzene rings is 2. The number of nitrogens with one attached hydrogen (secondary N) is 1. The summed E-state index contributed by atoms with van der Waals surface area (Å²) < 4.78 is 5.04. The van der Waals surface area contributed by atoms with Crippen LogP contribution in [0.3, 0.4) is 0 Å². The molecule has 0 saturated carbocycles. The number of phenolic OH excluding ortho intramolecular Hbond substituents is 1. The molecule has 1 amide bonds. The zero-order valence-electron chi connectivity index (χ0n) is 18.1. The number of aromatic hydroxyl groups is 1. The van der Waals surface area contributed by atoms with Gasteiger partial charge in [0.25, 0.3) is 5.69 Å². The number of aryl methyl sites for hydroxylation is 2. The lowest BCUT2D eigenvalue weighted by Gasteiger charge is -2.08. The predicted octanol–water partition coefficient (Wildman–Crippen LogP) is 2.78. The molecular formula is C20H18BrN7O5S. The van der Waals surface area contributed by atoms with Gasteiger partial charge in [0.15, 0.2) is 11.0 Å². The van der Waals surface area contributed by atoms with E-state index in [9.17, 15) is 24.8 Å². The highest BCUT2D eigenvalue weighted by Crippen LogP contribution is 2.33. The van der Waals surface area contributed by atoms with Gasteiger partial charge < -0.3 is 15.0 Å². The van der Waals surface area contributed by atoms with E-state index in [0.29, 0.717) is 27.6 Å². The van der Waals surface area contributed by atoms with E-state index in [1.165, 1.54) is 34.4 Å². The predicted molar refractivity (Wildman–Crippen MR) is 130 cm³/mol. The first kappa shape index (κ1) is 23.5. The third-order valence-electron chi connectivity index (χ3n) is 5.23. The number of imidazole rings is 1. The van der Waals surface area contributed by atoms with Crippen molar-refractivity contribution in [1.29, 1.82) is 0 Å². The minimum Gasteiger partial charge on any atom is -0.507 e. The van der Waals surface area contributed by atoms with Crippen LogP contribution in [0.1, 0.15) is 0 Å². The molecule has 12 nitrogen and oxygen atoms in total. The van der Waals surface area contributed by atoms with E-state index in [1.54, 1.807) is 30.8 Å². The van der Waals surface area contributed by atoms with Gasteiger partial charge in [-0.05, 0) is 24.3 Å². The van der Waals surface area contributed by atoms with Crippen LogP contribution in [0.4, 0.5) is 11.4 Å². The number of hydrogen-bond donors (Lipinski definition) is 2. The van der Waals surface area contributed by atoms with Crippen molar-refractivity contribution >= 4 is 56.0 Å². The summed E-state index contributed by atoms with van der Waals surface area (Å²) in [5.74, 6) is -0.152. The van der Waals surface area contributed by atoms with E-state index >= 15 is 0 Å². The molecule has 2 aromatic carbocycles. The number of aromatic nitrogens is 5. The average molecular weight is 548 g/mol. The maximum atomic E-state index is 12.6. The molecular weight excluding hydrogens is 530 g/mol. The molecule has 4 aromatic rings. The van der Waals surface area contributed by atoms with E-state index in [4.69, 9.17) is 0 Å². The van der Waals surface area contributed by atoms with Gasteiger partial charge in [-0.3, -0.25) is 24.0 Å². The minimum atomic E-state index is -0.612. The Morgan fingerprint density at radius 2 is 1.82 bits per heavy atom. The highest BCUT2D eigenvalue weighted by atomic mass is 79.9. The lowest BCUT2D eigenvalue weighted by molar-refractivity contribution is -0.383. The SMILES string of the molecule is Cn1c(SCC(=O)Nc2cc3c(cc2[N+](=O)[O-])n(C)c(=O)n3C)nnc1-c1cc(Br)ccc1O. The molecule has 0 saturated heterocycles. The van der Waals surface area contributed by atoms with Gasteiger partial charge in [0.2, 0.25) is 5.91 Å². The van der Waals surface area contributed by atoms with Crippen LogP contribution in [0.5, 0.6) is 5.75 Å². The Morgan fingerprint density at radius 3 is 2.50 bits per heavy atom. The number of amides is 1. The summed E-state index contributed by atoms with van der Waals surface area (Å²) in [4.78, 5) is 35.7. The van der Waals surface area contributed by atoms with Crippen molar-refractivity contribution in [2.24, 2.45) is 21.1 Å². The molecule has 176 valence electrons. The number of nitrogens with zero attached hydrogens (tertiary/aromatic N) is 6. The molecule has 0 fully saturated rings. The second-order valence-electron chi connectivity index (χ2n) is 7.38. The third kappa shape index (κ3) is 4.17. The average Bonchev–Trinajstić information content (AvgIpc) is 3.26. The number of thioether (sulfide) groups is 1. The van der Waals surface area contributed by atoms with Crippen LogP contribution in [-0.2, 0) is 25.9 Å². The summed E-state index contributed by atoms with van der Waals surface area (Å²) in [7, 11) is 4.77. The van der Waals surface area contributed by atoms with Crippen LogP contribution in [0.2, 0.25) is 0 Å². The Morgan fingerprint density at radius 1 is 1.15 bits per heavy atom. The Kier molecular flexibility index (Phi) is 6.18. The first-order valence-corrected chi connectivity index (χ1v) is 11.5. The van der Waals surface area contributed by atoms with Gasteiger partial charge in [0.05, 0.1) is 27.3 Å². The van der Waals surface area contributed by atoms with Crippen molar-refractivity contribution in [3.63, 3.8) is 0 Å². The fourth-order valence-corrected chi connectivity index (χ4v) is 4.54. The maximum absolute atomic E-state index is 12.6. The second kappa shape index (κ2) is 8.95. The van der Waals surface area contributed by atoms with Crippen molar-refractivity contribution in [2.45, 2.75) is 5.16 Å². The molecule has 0 atom stereocenters. The van der Waals surface area contributed by atoms with Gasteiger partial charge in [0, 0.05) is 31.7 Å². The van der Waals surface area contributed by atoms with Gasteiger partial charge >= 0.3 is 5.69 Å². The smallest absolute Gasteiger partial charge is 0.328 e. The van der Waals surface area contributed by atoms with Crippen molar-refractivity contribution in [2.75, 3.05) is 11.1 Å². The Balaban J connectivity index is 1.55. The number of rotatable bonds is 6. The van der Waals surface area contributed by atoms with Crippen LogP contribution >= 0.6 is 27.7 Å². The minimum absolute atomic E-state index is 0.0120. The Labute approximate surface area is 204 Å². The molecule has 14 heteroatoms. The molecule has 2 N–H and O–H groups in total. The molecule has 0 spiro atoms. The number of anilines is 1. The summed E-state index contributed by atoms with van der Waals surface area (Å²) >= 11 is 4.43. The first-order valence-electron chi connectivity index (χ1n) is 9.73. The topological polar surface area (TPSA) is 150 Å². The van der Waals surface area contributed by atoms with Gasteiger partial charge in [-0.25, -0.2) is 4.79 Å². The highest BCUT2D eigenvalue weighted by Gasteiger charge is 2.22. The highest BCUT2D eigenvalue weighted by molar-refractivity contribution is 9.10. The maximum Gasteiger partial charge on any atom is 0.328 e. The van der Waals surface area contributed by atoms with E-state index in [0.717, 1.165) is 16.2 Å². The van der Waals surface area contributed by atoms with E-state index in [2.05, 4.69) is 31.4 Å². The summed E-state index contributed by atoms with van der Waals surface area (Å²) in [5, 5.41) is 32.9. The number of nitro groups is 1. The summed E-state index contributed by atoms with van der Waals surface area (Å²) in [5.41, 5.74) is 0.637. The van der Waals surface area contributed by atoms with Gasteiger partial charge in [-0.1, -0.05) is 27.7 Å². The lowest BCUT2D eigenvalue weighted by atomic mass is 10.2. The fraction of sp³-hybridized carbons (Fsp3) is 0.200. The lowest BCUT2D eigenvalue weighted by Crippen LogP contribution is -2.19. The van der Waals surface area contributed by atoms with Crippen molar-refractivity contribution in [3.8, 4) is 17.1 Å². The molecule has 0 aliphatic rings.